The molecule has 1 aliphatic rings. The molecular formula is C14H19N5O. The van der Waals surface area contributed by atoms with Crippen LogP contribution in [0.1, 0.15) is 26.7 Å². The van der Waals surface area contributed by atoms with Crippen molar-refractivity contribution < 1.29 is 4.74 Å². The highest BCUT2D eigenvalue weighted by Crippen LogP contribution is 2.28. The predicted octanol–water partition coefficient (Wildman–Crippen LogP) is 2.03. The van der Waals surface area contributed by atoms with Gasteiger partial charge in [0.1, 0.15) is 6.33 Å². The first-order valence-electron chi connectivity index (χ1n) is 6.87. The lowest BCUT2D eigenvalue weighted by Crippen LogP contribution is -2.40. The molecule has 1 aromatic carbocycles. The van der Waals surface area contributed by atoms with Gasteiger partial charge in [-0.15, -0.1) is 5.10 Å². The molecule has 1 atom stereocenters. The van der Waals surface area contributed by atoms with Crippen molar-refractivity contribution in [2.24, 2.45) is 0 Å². The average molecular weight is 273 g/mol. The highest BCUT2D eigenvalue weighted by Gasteiger charge is 2.29. The van der Waals surface area contributed by atoms with Crippen molar-refractivity contribution in [2.75, 3.05) is 11.9 Å². The normalized spacial score (nSPS) is 21.6. The quantitative estimate of drug-likeness (QED) is 0.927. The van der Waals surface area contributed by atoms with Crippen molar-refractivity contribution in [2.45, 2.75) is 38.3 Å². The summed E-state index contributed by atoms with van der Waals surface area (Å²) >= 11 is 0. The first-order valence-corrected chi connectivity index (χ1v) is 6.87. The van der Waals surface area contributed by atoms with Gasteiger partial charge in [-0.2, -0.15) is 4.68 Å². The number of anilines is 1. The van der Waals surface area contributed by atoms with Crippen molar-refractivity contribution in [1.82, 2.24) is 20.2 Å². The number of aromatic nitrogens is 4. The van der Waals surface area contributed by atoms with Gasteiger partial charge in [-0.3, -0.25) is 0 Å². The molecule has 3 rings (SSSR count). The molecule has 1 N–H and O–H groups in total. The van der Waals surface area contributed by atoms with Crippen LogP contribution in [-0.4, -0.2) is 38.5 Å². The van der Waals surface area contributed by atoms with E-state index in [0.29, 0.717) is 6.04 Å². The Morgan fingerprint density at radius 1 is 1.35 bits per heavy atom. The number of ether oxygens (including phenoxy) is 1. The summed E-state index contributed by atoms with van der Waals surface area (Å²) in [5, 5.41) is 14.9. The van der Waals surface area contributed by atoms with Crippen molar-refractivity contribution in [3.63, 3.8) is 0 Å². The smallest absolute Gasteiger partial charge is 0.143 e. The SMILES string of the molecule is CC1(C)CC(Nc2ccccc2-n2cnnn2)CCO1. The van der Waals surface area contributed by atoms with Crippen molar-refractivity contribution in [1.29, 1.82) is 0 Å². The molecule has 0 aliphatic carbocycles. The molecule has 0 saturated carbocycles. The number of hydrogen-bond acceptors (Lipinski definition) is 5. The van der Waals surface area contributed by atoms with Crippen LogP contribution in [0.2, 0.25) is 0 Å². The molecule has 1 saturated heterocycles. The van der Waals surface area contributed by atoms with Gasteiger partial charge in [0.05, 0.1) is 17.0 Å². The minimum atomic E-state index is -0.0698. The molecule has 1 unspecified atom stereocenters. The lowest BCUT2D eigenvalue weighted by Gasteiger charge is -2.36. The second-order valence-corrected chi connectivity index (χ2v) is 5.71. The molecule has 6 nitrogen and oxygen atoms in total. The lowest BCUT2D eigenvalue weighted by atomic mass is 9.93. The minimum Gasteiger partial charge on any atom is -0.380 e. The Morgan fingerprint density at radius 3 is 2.95 bits per heavy atom. The topological polar surface area (TPSA) is 64.9 Å². The summed E-state index contributed by atoms with van der Waals surface area (Å²) in [7, 11) is 0. The van der Waals surface area contributed by atoms with Crippen molar-refractivity contribution in [3.05, 3.63) is 30.6 Å². The molecule has 0 bridgehead atoms. The molecular weight excluding hydrogens is 254 g/mol. The van der Waals surface area contributed by atoms with E-state index in [9.17, 15) is 0 Å². The molecule has 0 amide bonds. The van der Waals surface area contributed by atoms with Gasteiger partial charge in [-0.05, 0) is 49.2 Å². The van der Waals surface area contributed by atoms with Crippen LogP contribution in [0.5, 0.6) is 0 Å². The second kappa shape index (κ2) is 5.20. The summed E-state index contributed by atoms with van der Waals surface area (Å²) in [6, 6.07) is 8.45. The standard InChI is InChI=1S/C14H19N5O/c1-14(2)9-11(7-8-20-14)16-12-5-3-4-6-13(12)19-10-15-17-18-19/h3-6,10-11,16H,7-9H2,1-2H3. The van der Waals surface area contributed by atoms with Gasteiger partial charge in [0.15, 0.2) is 0 Å². The summed E-state index contributed by atoms with van der Waals surface area (Å²) in [5.74, 6) is 0. The van der Waals surface area contributed by atoms with Crippen LogP contribution in [0, 0.1) is 0 Å². The summed E-state index contributed by atoms with van der Waals surface area (Å²) < 4.78 is 7.43. The van der Waals surface area contributed by atoms with Gasteiger partial charge in [0.25, 0.3) is 0 Å². The van der Waals surface area contributed by atoms with Crippen LogP contribution in [0.4, 0.5) is 5.69 Å². The Labute approximate surface area is 118 Å². The number of tetrazole rings is 1. The third-order valence-corrected chi connectivity index (χ3v) is 3.56. The van der Waals surface area contributed by atoms with Gasteiger partial charge in [0, 0.05) is 12.6 Å². The van der Waals surface area contributed by atoms with E-state index < -0.39 is 0 Å². The van der Waals surface area contributed by atoms with Crippen LogP contribution < -0.4 is 5.32 Å². The van der Waals surface area contributed by atoms with Gasteiger partial charge in [-0.1, -0.05) is 12.1 Å². The maximum atomic E-state index is 5.76. The molecule has 2 heterocycles. The molecule has 0 spiro atoms. The number of nitrogens with one attached hydrogen (secondary N) is 1. The molecule has 1 fully saturated rings. The number of rotatable bonds is 3. The van der Waals surface area contributed by atoms with Gasteiger partial charge < -0.3 is 10.1 Å². The minimum absolute atomic E-state index is 0.0698. The Bertz CT molecular complexity index is 567. The van der Waals surface area contributed by atoms with Crippen LogP contribution in [0.3, 0.4) is 0 Å². The van der Waals surface area contributed by atoms with Crippen LogP contribution in [0.25, 0.3) is 5.69 Å². The Morgan fingerprint density at radius 2 is 2.20 bits per heavy atom. The highest BCUT2D eigenvalue weighted by atomic mass is 16.5. The Hall–Kier alpha value is -1.95. The van der Waals surface area contributed by atoms with Crippen LogP contribution in [-0.2, 0) is 4.74 Å². The largest absolute Gasteiger partial charge is 0.380 e. The molecule has 1 aromatic heterocycles. The van der Waals surface area contributed by atoms with E-state index in [1.807, 2.05) is 18.2 Å². The molecule has 0 radical (unpaired) electrons. The van der Waals surface area contributed by atoms with E-state index in [1.54, 1.807) is 11.0 Å². The van der Waals surface area contributed by atoms with E-state index in [2.05, 4.69) is 40.8 Å². The number of nitrogens with zero attached hydrogens (tertiary/aromatic N) is 4. The summed E-state index contributed by atoms with van der Waals surface area (Å²) in [6.07, 6.45) is 3.60. The second-order valence-electron chi connectivity index (χ2n) is 5.71. The van der Waals surface area contributed by atoms with E-state index in [-0.39, 0.29) is 5.60 Å². The fraction of sp³-hybridized carbons (Fsp3) is 0.500. The van der Waals surface area contributed by atoms with Gasteiger partial charge >= 0.3 is 0 Å². The molecule has 2 aromatic rings. The molecule has 106 valence electrons. The maximum absolute atomic E-state index is 5.76. The number of para-hydroxylation sites is 2. The fourth-order valence-electron chi connectivity index (χ4n) is 2.64. The maximum Gasteiger partial charge on any atom is 0.143 e. The van der Waals surface area contributed by atoms with E-state index in [1.165, 1.54) is 0 Å². The monoisotopic (exact) mass is 273 g/mol. The lowest BCUT2D eigenvalue weighted by molar-refractivity contribution is -0.0553. The Balaban J connectivity index is 1.81. The third kappa shape index (κ3) is 2.80. The highest BCUT2D eigenvalue weighted by molar-refractivity contribution is 5.60. The summed E-state index contributed by atoms with van der Waals surface area (Å²) in [5.41, 5.74) is 1.93. The first kappa shape index (κ1) is 13.1. The zero-order valence-corrected chi connectivity index (χ0v) is 11.8. The predicted molar refractivity (Wildman–Crippen MR) is 75.8 cm³/mol. The van der Waals surface area contributed by atoms with E-state index >= 15 is 0 Å². The van der Waals surface area contributed by atoms with Crippen LogP contribution in [0.15, 0.2) is 30.6 Å². The summed E-state index contributed by atoms with van der Waals surface area (Å²) in [4.78, 5) is 0. The average Bonchev–Trinajstić information content (AvgIpc) is 2.92. The summed E-state index contributed by atoms with van der Waals surface area (Å²) in [6.45, 7) is 5.06. The van der Waals surface area contributed by atoms with Crippen LogP contribution >= 0.6 is 0 Å². The van der Waals surface area contributed by atoms with E-state index in [4.69, 9.17) is 4.74 Å². The van der Waals surface area contributed by atoms with Crippen molar-refractivity contribution in [3.8, 4) is 5.69 Å². The van der Waals surface area contributed by atoms with Gasteiger partial charge in [0.2, 0.25) is 0 Å². The van der Waals surface area contributed by atoms with Crippen molar-refractivity contribution >= 4 is 5.69 Å². The zero-order valence-electron chi connectivity index (χ0n) is 11.8. The number of benzene rings is 1. The Kier molecular flexibility index (Phi) is 3.40. The third-order valence-electron chi connectivity index (χ3n) is 3.56. The molecule has 1 aliphatic heterocycles. The first-order chi connectivity index (χ1) is 9.64. The molecule has 20 heavy (non-hydrogen) atoms. The molecule has 6 heteroatoms. The number of hydrogen-bond donors (Lipinski definition) is 1. The van der Waals surface area contributed by atoms with E-state index in [0.717, 1.165) is 30.8 Å². The van der Waals surface area contributed by atoms with Gasteiger partial charge in [-0.25, -0.2) is 0 Å². The fourth-order valence-corrected chi connectivity index (χ4v) is 2.64. The zero-order chi connectivity index (χ0) is 14.0.